The lowest BCUT2D eigenvalue weighted by molar-refractivity contribution is -0.123. The number of carbonyl (C=O) groups is 2. The van der Waals surface area contributed by atoms with Crippen LogP contribution in [0.3, 0.4) is 0 Å². The third-order valence-corrected chi connectivity index (χ3v) is 3.82. The molecule has 1 saturated heterocycles. The SMILES string of the molecule is NC(=O)C1CCN(CC(=O)Nc2ccc(Br)cn2)CC1. The van der Waals surface area contributed by atoms with Gasteiger partial charge in [-0.2, -0.15) is 0 Å². The second-order valence-electron chi connectivity index (χ2n) is 4.86. The first-order valence-electron chi connectivity index (χ1n) is 6.47. The van der Waals surface area contributed by atoms with Gasteiger partial charge in [0.25, 0.3) is 0 Å². The van der Waals surface area contributed by atoms with Crippen LogP contribution in [0.1, 0.15) is 12.8 Å². The van der Waals surface area contributed by atoms with Gasteiger partial charge in [-0.15, -0.1) is 0 Å². The summed E-state index contributed by atoms with van der Waals surface area (Å²) in [7, 11) is 0. The van der Waals surface area contributed by atoms with Crippen LogP contribution in [0.2, 0.25) is 0 Å². The Morgan fingerprint density at radius 3 is 2.65 bits per heavy atom. The molecule has 0 unspecified atom stereocenters. The normalized spacial score (nSPS) is 16.9. The molecule has 0 aromatic carbocycles. The number of nitrogens with zero attached hydrogens (tertiary/aromatic N) is 2. The predicted molar refractivity (Wildman–Crippen MR) is 78.9 cm³/mol. The van der Waals surface area contributed by atoms with Gasteiger partial charge in [0.2, 0.25) is 11.8 Å². The van der Waals surface area contributed by atoms with Crippen molar-refractivity contribution >= 4 is 33.6 Å². The van der Waals surface area contributed by atoms with E-state index in [-0.39, 0.29) is 17.7 Å². The molecule has 2 heterocycles. The lowest BCUT2D eigenvalue weighted by Gasteiger charge is -2.29. The molecule has 0 radical (unpaired) electrons. The number of amides is 2. The summed E-state index contributed by atoms with van der Waals surface area (Å²) in [4.78, 5) is 29.1. The van der Waals surface area contributed by atoms with Crippen molar-refractivity contribution in [2.75, 3.05) is 25.0 Å². The maximum Gasteiger partial charge on any atom is 0.239 e. The van der Waals surface area contributed by atoms with Gasteiger partial charge in [0.05, 0.1) is 6.54 Å². The number of nitrogens with one attached hydrogen (secondary N) is 1. The summed E-state index contributed by atoms with van der Waals surface area (Å²) in [6.45, 7) is 1.74. The molecule has 1 aliphatic heterocycles. The smallest absolute Gasteiger partial charge is 0.239 e. The zero-order chi connectivity index (χ0) is 14.5. The molecule has 1 aromatic rings. The fraction of sp³-hybridized carbons (Fsp3) is 0.462. The standard InChI is InChI=1S/C13H17BrN4O2/c14-10-1-2-11(16-7-10)17-12(19)8-18-5-3-9(4-6-18)13(15)20/h1-2,7,9H,3-6,8H2,(H2,15,20)(H,16,17,19). The number of anilines is 1. The van der Waals surface area contributed by atoms with E-state index in [1.807, 2.05) is 11.0 Å². The molecule has 1 aliphatic rings. The molecule has 1 aromatic heterocycles. The number of piperidine rings is 1. The summed E-state index contributed by atoms with van der Waals surface area (Å²) in [6.07, 6.45) is 3.08. The summed E-state index contributed by atoms with van der Waals surface area (Å²) in [6, 6.07) is 3.56. The Morgan fingerprint density at radius 1 is 1.40 bits per heavy atom. The number of primary amides is 1. The van der Waals surface area contributed by atoms with E-state index in [2.05, 4.69) is 26.2 Å². The largest absolute Gasteiger partial charge is 0.369 e. The summed E-state index contributed by atoms with van der Waals surface area (Å²) in [5.74, 6) is 0.137. The number of likely N-dealkylation sites (tertiary alicyclic amines) is 1. The van der Waals surface area contributed by atoms with Crippen molar-refractivity contribution < 1.29 is 9.59 Å². The van der Waals surface area contributed by atoms with E-state index in [9.17, 15) is 9.59 Å². The van der Waals surface area contributed by atoms with Gasteiger partial charge in [0.1, 0.15) is 5.82 Å². The number of hydrogen-bond acceptors (Lipinski definition) is 4. The lowest BCUT2D eigenvalue weighted by Crippen LogP contribution is -2.42. The molecule has 108 valence electrons. The van der Waals surface area contributed by atoms with Gasteiger partial charge < -0.3 is 11.1 Å². The highest BCUT2D eigenvalue weighted by molar-refractivity contribution is 9.10. The summed E-state index contributed by atoms with van der Waals surface area (Å²) < 4.78 is 0.865. The second kappa shape index (κ2) is 6.81. The minimum atomic E-state index is -0.242. The molecule has 1 fully saturated rings. The van der Waals surface area contributed by atoms with Crippen LogP contribution in [0, 0.1) is 5.92 Å². The highest BCUT2D eigenvalue weighted by Crippen LogP contribution is 2.16. The Morgan fingerprint density at radius 2 is 2.10 bits per heavy atom. The fourth-order valence-electron chi connectivity index (χ4n) is 2.21. The Hall–Kier alpha value is -1.47. The first-order chi connectivity index (χ1) is 9.54. The van der Waals surface area contributed by atoms with Crippen LogP contribution in [0.25, 0.3) is 0 Å². The molecule has 3 N–H and O–H groups in total. The molecule has 0 atom stereocenters. The van der Waals surface area contributed by atoms with Crippen molar-refractivity contribution in [2.24, 2.45) is 11.7 Å². The van der Waals surface area contributed by atoms with Crippen LogP contribution in [0.4, 0.5) is 5.82 Å². The number of rotatable bonds is 4. The quantitative estimate of drug-likeness (QED) is 0.855. The lowest BCUT2D eigenvalue weighted by atomic mass is 9.96. The van der Waals surface area contributed by atoms with Gasteiger partial charge in [-0.25, -0.2) is 4.98 Å². The third kappa shape index (κ3) is 4.28. The maximum absolute atomic E-state index is 11.9. The molecule has 0 aliphatic carbocycles. The molecule has 7 heteroatoms. The number of pyridine rings is 1. The van der Waals surface area contributed by atoms with Gasteiger partial charge >= 0.3 is 0 Å². The van der Waals surface area contributed by atoms with E-state index in [4.69, 9.17) is 5.73 Å². The molecular formula is C13H17BrN4O2. The van der Waals surface area contributed by atoms with Gasteiger partial charge in [0.15, 0.2) is 0 Å². The Bertz CT molecular complexity index is 484. The molecule has 0 bridgehead atoms. The molecule has 20 heavy (non-hydrogen) atoms. The van der Waals surface area contributed by atoms with Crippen LogP contribution in [0.5, 0.6) is 0 Å². The Kier molecular flexibility index (Phi) is 5.08. The van der Waals surface area contributed by atoms with Crippen LogP contribution in [-0.2, 0) is 9.59 Å². The monoisotopic (exact) mass is 340 g/mol. The van der Waals surface area contributed by atoms with E-state index < -0.39 is 0 Å². The van der Waals surface area contributed by atoms with Gasteiger partial charge in [-0.1, -0.05) is 0 Å². The summed E-state index contributed by atoms with van der Waals surface area (Å²) in [5.41, 5.74) is 5.28. The van der Waals surface area contributed by atoms with Crippen LogP contribution >= 0.6 is 15.9 Å². The third-order valence-electron chi connectivity index (χ3n) is 3.35. The molecule has 0 saturated carbocycles. The van der Waals surface area contributed by atoms with E-state index in [0.29, 0.717) is 12.4 Å². The zero-order valence-corrected chi connectivity index (χ0v) is 12.6. The van der Waals surface area contributed by atoms with Gasteiger partial charge in [0, 0.05) is 16.6 Å². The first kappa shape index (κ1) is 14.9. The van der Waals surface area contributed by atoms with Crippen molar-refractivity contribution in [3.63, 3.8) is 0 Å². The summed E-state index contributed by atoms with van der Waals surface area (Å²) in [5, 5.41) is 2.75. The van der Waals surface area contributed by atoms with Crippen LogP contribution < -0.4 is 11.1 Å². The Balaban J connectivity index is 1.78. The van der Waals surface area contributed by atoms with Crippen molar-refractivity contribution in [3.05, 3.63) is 22.8 Å². The first-order valence-corrected chi connectivity index (χ1v) is 7.27. The van der Waals surface area contributed by atoms with Gasteiger partial charge in [-0.3, -0.25) is 14.5 Å². The average molecular weight is 341 g/mol. The molecule has 2 amide bonds. The predicted octanol–water partition coefficient (Wildman–Crippen LogP) is 0.980. The van der Waals surface area contributed by atoms with Crippen molar-refractivity contribution in [1.29, 1.82) is 0 Å². The van der Waals surface area contributed by atoms with Crippen LogP contribution in [0.15, 0.2) is 22.8 Å². The topological polar surface area (TPSA) is 88.3 Å². The van der Waals surface area contributed by atoms with Crippen molar-refractivity contribution in [3.8, 4) is 0 Å². The van der Waals surface area contributed by atoms with Crippen LogP contribution in [-0.4, -0.2) is 41.3 Å². The van der Waals surface area contributed by atoms with E-state index in [1.165, 1.54) is 0 Å². The zero-order valence-electron chi connectivity index (χ0n) is 11.0. The number of halogens is 1. The maximum atomic E-state index is 11.9. The van der Waals surface area contributed by atoms with Gasteiger partial charge in [-0.05, 0) is 54.0 Å². The van der Waals surface area contributed by atoms with E-state index in [1.54, 1.807) is 12.3 Å². The number of carbonyl (C=O) groups excluding carboxylic acids is 2. The average Bonchev–Trinajstić information content (AvgIpc) is 2.42. The summed E-state index contributed by atoms with van der Waals surface area (Å²) >= 11 is 3.29. The molecule has 2 rings (SSSR count). The Labute approximate surface area is 125 Å². The fourth-order valence-corrected chi connectivity index (χ4v) is 2.45. The second-order valence-corrected chi connectivity index (χ2v) is 5.78. The molecular weight excluding hydrogens is 324 g/mol. The number of nitrogens with two attached hydrogens (primary N) is 1. The van der Waals surface area contributed by atoms with E-state index >= 15 is 0 Å². The minimum Gasteiger partial charge on any atom is -0.369 e. The minimum absolute atomic E-state index is 0.0533. The van der Waals surface area contributed by atoms with Crippen molar-refractivity contribution in [2.45, 2.75) is 12.8 Å². The van der Waals surface area contributed by atoms with Crippen molar-refractivity contribution in [1.82, 2.24) is 9.88 Å². The number of hydrogen-bond donors (Lipinski definition) is 2. The molecule has 6 nitrogen and oxygen atoms in total. The highest BCUT2D eigenvalue weighted by atomic mass is 79.9. The number of aromatic nitrogens is 1. The molecule has 0 spiro atoms. The highest BCUT2D eigenvalue weighted by Gasteiger charge is 2.24. The van der Waals surface area contributed by atoms with E-state index in [0.717, 1.165) is 30.4 Å².